The van der Waals surface area contributed by atoms with Crippen LogP contribution < -0.4 is 10.6 Å². The summed E-state index contributed by atoms with van der Waals surface area (Å²) in [5, 5.41) is 6.55. The quantitative estimate of drug-likeness (QED) is 0.733. The number of anilines is 1. The third-order valence-corrected chi connectivity index (χ3v) is 4.84. The summed E-state index contributed by atoms with van der Waals surface area (Å²) in [6.45, 7) is 0.817. The Balaban J connectivity index is 1.34. The molecule has 0 saturated heterocycles. The van der Waals surface area contributed by atoms with Gasteiger partial charge < -0.3 is 10.6 Å². The lowest BCUT2D eigenvalue weighted by molar-refractivity contribution is 0.102. The highest BCUT2D eigenvalue weighted by Gasteiger charge is 2.20. The largest absolute Gasteiger partial charge is 0.322 e. The summed E-state index contributed by atoms with van der Waals surface area (Å²) in [7, 11) is 0. The van der Waals surface area contributed by atoms with Gasteiger partial charge in [0.05, 0.1) is 0 Å². The number of nitrogens with zero attached hydrogens (tertiary/aromatic N) is 1. The Hall–Kier alpha value is -2.98. The van der Waals surface area contributed by atoms with Crippen LogP contribution in [0.3, 0.4) is 0 Å². The second kappa shape index (κ2) is 7.50. The Bertz CT molecular complexity index is 891. The summed E-state index contributed by atoms with van der Waals surface area (Å²) < 4.78 is 0. The van der Waals surface area contributed by atoms with Crippen molar-refractivity contribution in [2.75, 3.05) is 5.32 Å². The van der Waals surface area contributed by atoms with Gasteiger partial charge in [-0.25, -0.2) is 0 Å². The topological polar surface area (TPSA) is 54.0 Å². The van der Waals surface area contributed by atoms with Gasteiger partial charge in [-0.3, -0.25) is 9.78 Å². The predicted molar refractivity (Wildman–Crippen MR) is 103 cm³/mol. The maximum absolute atomic E-state index is 12.2. The molecule has 4 nitrogen and oxygen atoms in total. The molecule has 3 aromatic rings. The summed E-state index contributed by atoms with van der Waals surface area (Å²) in [6, 6.07) is 20.5. The monoisotopic (exact) mass is 343 g/mol. The molecule has 0 saturated carbocycles. The molecular weight excluding hydrogens is 322 g/mol. The van der Waals surface area contributed by atoms with Gasteiger partial charge in [0.1, 0.15) is 0 Å². The fourth-order valence-electron chi connectivity index (χ4n) is 3.42. The highest BCUT2D eigenvalue weighted by molar-refractivity contribution is 6.04. The number of carbonyl (C=O) groups excluding carboxylic acids is 1. The first-order valence-corrected chi connectivity index (χ1v) is 8.91. The molecule has 130 valence electrons. The zero-order valence-electron chi connectivity index (χ0n) is 14.5. The molecule has 0 aliphatic heterocycles. The maximum Gasteiger partial charge on any atom is 0.255 e. The smallest absolute Gasteiger partial charge is 0.255 e. The van der Waals surface area contributed by atoms with E-state index < -0.39 is 0 Å². The van der Waals surface area contributed by atoms with Gasteiger partial charge >= 0.3 is 0 Å². The van der Waals surface area contributed by atoms with Gasteiger partial charge in [-0.2, -0.15) is 0 Å². The van der Waals surface area contributed by atoms with Crippen LogP contribution >= 0.6 is 0 Å². The molecule has 1 heterocycles. The summed E-state index contributed by atoms with van der Waals surface area (Å²) in [5.74, 6) is -0.124. The third kappa shape index (κ3) is 3.65. The number of aromatic nitrogens is 1. The lowest BCUT2D eigenvalue weighted by Crippen LogP contribution is -2.18. The van der Waals surface area contributed by atoms with Gasteiger partial charge in [-0.05, 0) is 53.8 Å². The molecule has 1 aliphatic carbocycles. The number of pyridine rings is 1. The minimum absolute atomic E-state index is 0.124. The zero-order chi connectivity index (χ0) is 17.8. The van der Waals surface area contributed by atoms with Gasteiger partial charge in [0.15, 0.2) is 0 Å². The van der Waals surface area contributed by atoms with Crippen molar-refractivity contribution in [2.45, 2.75) is 25.4 Å². The van der Waals surface area contributed by atoms with Crippen molar-refractivity contribution < 1.29 is 4.79 Å². The number of benzene rings is 2. The van der Waals surface area contributed by atoms with Crippen LogP contribution in [0.1, 0.15) is 39.5 Å². The zero-order valence-corrected chi connectivity index (χ0v) is 14.5. The van der Waals surface area contributed by atoms with E-state index in [0.29, 0.717) is 11.6 Å². The van der Waals surface area contributed by atoms with Crippen LogP contribution in [0.4, 0.5) is 5.69 Å². The third-order valence-electron chi connectivity index (χ3n) is 4.84. The average molecular weight is 343 g/mol. The van der Waals surface area contributed by atoms with E-state index in [9.17, 15) is 4.79 Å². The lowest BCUT2D eigenvalue weighted by Gasteiger charge is -2.14. The molecule has 1 aromatic heterocycles. The van der Waals surface area contributed by atoms with E-state index in [-0.39, 0.29) is 5.91 Å². The van der Waals surface area contributed by atoms with E-state index >= 15 is 0 Å². The molecular formula is C22H21N3O. The fraction of sp³-hybridized carbons (Fsp3) is 0.182. The van der Waals surface area contributed by atoms with E-state index in [2.05, 4.69) is 52.0 Å². The molecule has 0 radical (unpaired) electrons. The maximum atomic E-state index is 12.2. The Labute approximate surface area is 153 Å². The normalized spacial score (nSPS) is 15.5. The highest BCUT2D eigenvalue weighted by Crippen LogP contribution is 2.30. The predicted octanol–water partition coefficient (Wildman–Crippen LogP) is 4.11. The SMILES string of the molecule is O=C(Nc1ccc(CN[C@H]2CCc3ccccc32)cc1)c1ccncc1. The molecule has 2 aromatic carbocycles. The van der Waals surface area contributed by atoms with E-state index in [4.69, 9.17) is 0 Å². The van der Waals surface area contributed by atoms with Gasteiger partial charge in [0.2, 0.25) is 0 Å². The van der Waals surface area contributed by atoms with Crippen LogP contribution in [0.25, 0.3) is 0 Å². The van der Waals surface area contributed by atoms with Gasteiger partial charge in [0.25, 0.3) is 5.91 Å². The van der Waals surface area contributed by atoms with Crippen LogP contribution in [0.2, 0.25) is 0 Å². The van der Waals surface area contributed by atoms with Crippen LogP contribution in [-0.4, -0.2) is 10.9 Å². The Morgan fingerprint density at radius 3 is 2.58 bits per heavy atom. The van der Waals surface area contributed by atoms with Crippen molar-refractivity contribution in [3.8, 4) is 0 Å². The summed E-state index contributed by atoms with van der Waals surface area (Å²) in [4.78, 5) is 16.1. The average Bonchev–Trinajstić information content (AvgIpc) is 3.11. The molecule has 1 aliphatic rings. The Morgan fingerprint density at radius 1 is 1.00 bits per heavy atom. The van der Waals surface area contributed by atoms with Crippen molar-refractivity contribution in [2.24, 2.45) is 0 Å². The summed E-state index contributed by atoms with van der Waals surface area (Å²) in [5.41, 5.74) is 5.48. The van der Waals surface area contributed by atoms with Crippen molar-refractivity contribution in [1.29, 1.82) is 0 Å². The molecule has 0 bridgehead atoms. The van der Waals surface area contributed by atoms with Crippen LogP contribution in [0.15, 0.2) is 73.1 Å². The minimum atomic E-state index is -0.124. The molecule has 4 heteroatoms. The number of hydrogen-bond acceptors (Lipinski definition) is 3. The molecule has 0 fully saturated rings. The number of nitrogens with one attached hydrogen (secondary N) is 2. The summed E-state index contributed by atoms with van der Waals surface area (Å²) in [6.07, 6.45) is 5.53. The number of carbonyl (C=O) groups is 1. The van der Waals surface area contributed by atoms with E-state index in [1.807, 2.05) is 12.1 Å². The van der Waals surface area contributed by atoms with E-state index in [1.165, 1.54) is 16.7 Å². The second-order valence-electron chi connectivity index (χ2n) is 6.56. The number of amides is 1. The molecule has 4 rings (SSSR count). The highest BCUT2D eigenvalue weighted by atomic mass is 16.1. The molecule has 0 spiro atoms. The number of rotatable bonds is 5. The molecule has 2 N–H and O–H groups in total. The van der Waals surface area contributed by atoms with Crippen molar-refractivity contribution in [1.82, 2.24) is 10.3 Å². The first-order valence-electron chi connectivity index (χ1n) is 8.91. The van der Waals surface area contributed by atoms with Crippen molar-refractivity contribution >= 4 is 11.6 Å². The molecule has 0 unspecified atom stereocenters. The number of fused-ring (bicyclic) bond motifs is 1. The Kier molecular flexibility index (Phi) is 4.75. The number of aryl methyl sites for hydroxylation is 1. The summed E-state index contributed by atoms with van der Waals surface area (Å²) >= 11 is 0. The molecule has 1 atom stereocenters. The van der Waals surface area contributed by atoms with Crippen LogP contribution in [0, 0.1) is 0 Å². The molecule has 1 amide bonds. The van der Waals surface area contributed by atoms with Crippen LogP contribution in [0.5, 0.6) is 0 Å². The van der Waals surface area contributed by atoms with Gasteiger partial charge in [0, 0.05) is 36.2 Å². The minimum Gasteiger partial charge on any atom is -0.322 e. The van der Waals surface area contributed by atoms with Crippen molar-refractivity contribution in [3.05, 3.63) is 95.3 Å². The first-order chi connectivity index (χ1) is 12.8. The second-order valence-corrected chi connectivity index (χ2v) is 6.56. The first kappa shape index (κ1) is 16.5. The standard InChI is InChI=1S/C22H21N3O/c26-22(18-11-13-23-14-12-18)25-19-8-5-16(6-9-19)15-24-21-10-7-17-3-1-2-4-20(17)21/h1-6,8-9,11-14,21,24H,7,10,15H2,(H,25,26)/t21-/m0/s1. The van der Waals surface area contributed by atoms with Crippen molar-refractivity contribution in [3.63, 3.8) is 0 Å². The lowest BCUT2D eigenvalue weighted by atomic mass is 10.1. The van der Waals surface area contributed by atoms with E-state index in [0.717, 1.165) is 25.1 Å². The number of hydrogen-bond donors (Lipinski definition) is 2. The van der Waals surface area contributed by atoms with E-state index in [1.54, 1.807) is 24.5 Å². The van der Waals surface area contributed by atoms with Gasteiger partial charge in [-0.1, -0.05) is 36.4 Å². The van der Waals surface area contributed by atoms with Gasteiger partial charge in [-0.15, -0.1) is 0 Å². The van der Waals surface area contributed by atoms with Crippen LogP contribution in [-0.2, 0) is 13.0 Å². The fourth-order valence-corrected chi connectivity index (χ4v) is 3.42. The Morgan fingerprint density at radius 2 is 1.77 bits per heavy atom. The molecule has 26 heavy (non-hydrogen) atoms.